The smallest absolute Gasteiger partial charge is 0.101 e. The van der Waals surface area contributed by atoms with E-state index in [2.05, 4.69) is 108 Å². The van der Waals surface area contributed by atoms with E-state index in [1.807, 2.05) is 66.7 Å². The number of benzene rings is 8. The van der Waals surface area contributed by atoms with Crippen LogP contribution in [-0.2, 0) is 0 Å². The van der Waals surface area contributed by atoms with E-state index in [1.165, 1.54) is 0 Å². The molecule has 4 heteroatoms. The molecule has 0 amide bonds. The molecular formula is C47H26N4. The molecule has 1 aromatic heterocycles. The molecule has 0 spiro atoms. The molecule has 0 unspecified atom stereocenters. The Bertz CT molecular complexity index is 2890. The highest BCUT2D eigenvalue weighted by Crippen LogP contribution is 2.48. The third-order valence-corrected chi connectivity index (χ3v) is 9.88. The molecule has 0 aliphatic heterocycles. The van der Waals surface area contributed by atoms with Crippen molar-refractivity contribution in [3.8, 4) is 57.3 Å². The molecule has 0 aliphatic rings. The van der Waals surface area contributed by atoms with Gasteiger partial charge in [0.15, 0.2) is 0 Å². The van der Waals surface area contributed by atoms with Gasteiger partial charge < -0.3 is 4.57 Å². The number of para-hydroxylation sites is 2. The maximum absolute atomic E-state index is 10.8. The van der Waals surface area contributed by atoms with Crippen molar-refractivity contribution in [1.29, 1.82) is 15.8 Å². The van der Waals surface area contributed by atoms with Crippen LogP contribution in [-0.4, -0.2) is 4.57 Å². The zero-order chi connectivity index (χ0) is 34.5. The molecule has 0 radical (unpaired) electrons. The predicted molar refractivity (Wildman–Crippen MR) is 206 cm³/mol. The third kappa shape index (κ3) is 4.58. The molecule has 9 aromatic rings. The number of nitrogens with zero attached hydrogens (tertiary/aromatic N) is 4. The van der Waals surface area contributed by atoms with Crippen LogP contribution in [0.2, 0.25) is 0 Å². The van der Waals surface area contributed by atoms with Gasteiger partial charge in [-0.1, -0.05) is 121 Å². The summed E-state index contributed by atoms with van der Waals surface area (Å²) in [6.45, 7) is 0. The Morgan fingerprint density at radius 3 is 1.43 bits per heavy atom. The largest absolute Gasteiger partial charge is 0.308 e. The Morgan fingerprint density at radius 1 is 0.373 bits per heavy atom. The second-order valence-corrected chi connectivity index (χ2v) is 12.6. The van der Waals surface area contributed by atoms with Crippen LogP contribution in [0, 0.1) is 34.0 Å². The fourth-order valence-corrected chi connectivity index (χ4v) is 7.77. The fraction of sp³-hybridized carbons (Fsp3) is 0. The SMILES string of the molecule is N#Cc1cc(C#N)c(-c2c3ccccc3c(-c3ccccc3)c3ccccc23)c(-c2ccc(C#N)c(-n3c4ccccc4c4ccccc43)c2)c1. The third-order valence-electron chi connectivity index (χ3n) is 9.88. The first-order valence-corrected chi connectivity index (χ1v) is 16.7. The van der Waals surface area contributed by atoms with Gasteiger partial charge in [0.25, 0.3) is 0 Å². The highest BCUT2D eigenvalue weighted by Gasteiger charge is 2.23. The summed E-state index contributed by atoms with van der Waals surface area (Å²) in [5, 5.41) is 37.8. The number of fused-ring (bicyclic) bond motifs is 5. The monoisotopic (exact) mass is 646 g/mol. The van der Waals surface area contributed by atoms with Gasteiger partial charge in [-0.3, -0.25) is 0 Å². The van der Waals surface area contributed by atoms with E-state index in [4.69, 9.17) is 0 Å². The molecule has 0 saturated heterocycles. The molecule has 0 bridgehead atoms. The highest BCUT2D eigenvalue weighted by atomic mass is 15.0. The lowest BCUT2D eigenvalue weighted by Gasteiger charge is -2.21. The zero-order valence-corrected chi connectivity index (χ0v) is 27.3. The van der Waals surface area contributed by atoms with Crippen molar-refractivity contribution in [3.05, 3.63) is 174 Å². The first kappa shape index (κ1) is 29.7. The van der Waals surface area contributed by atoms with Crippen molar-refractivity contribution in [3.63, 3.8) is 0 Å². The quantitative estimate of drug-likeness (QED) is 0.179. The summed E-state index contributed by atoms with van der Waals surface area (Å²) >= 11 is 0. The first-order chi connectivity index (χ1) is 25.2. The Balaban J connectivity index is 1.41. The fourth-order valence-electron chi connectivity index (χ4n) is 7.77. The Labute approximate surface area is 294 Å². The maximum Gasteiger partial charge on any atom is 0.101 e. The minimum absolute atomic E-state index is 0.391. The van der Waals surface area contributed by atoms with Crippen molar-refractivity contribution in [2.24, 2.45) is 0 Å². The van der Waals surface area contributed by atoms with Gasteiger partial charge in [-0.05, 0) is 85.8 Å². The van der Waals surface area contributed by atoms with E-state index in [9.17, 15) is 15.8 Å². The average Bonchev–Trinajstić information content (AvgIpc) is 3.53. The molecule has 0 N–H and O–H groups in total. The second kappa shape index (κ2) is 11.9. The number of hydrogen-bond acceptors (Lipinski definition) is 3. The summed E-state index contributed by atoms with van der Waals surface area (Å²) < 4.78 is 2.14. The van der Waals surface area contributed by atoms with Gasteiger partial charge in [0.1, 0.15) is 6.07 Å². The minimum Gasteiger partial charge on any atom is -0.308 e. The molecule has 4 nitrogen and oxygen atoms in total. The van der Waals surface area contributed by atoms with Crippen molar-refractivity contribution < 1.29 is 0 Å². The minimum atomic E-state index is 0.391. The predicted octanol–water partition coefficient (Wildman–Crippen LogP) is 11.7. The van der Waals surface area contributed by atoms with Crippen LogP contribution in [0.3, 0.4) is 0 Å². The Hall–Kier alpha value is -7.45. The van der Waals surface area contributed by atoms with Crippen molar-refractivity contribution in [1.82, 2.24) is 4.57 Å². The van der Waals surface area contributed by atoms with E-state index in [1.54, 1.807) is 6.07 Å². The van der Waals surface area contributed by atoms with Gasteiger partial charge in [-0.25, -0.2) is 0 Å². The summed E-state index contributed by atoms with van der Waals surface area (Å²) in [4.78, 5) is 0. The molecular weight excluding hydrogens is 621 g/mol. The number of nitriles is 3. The van der Waals surface area contributed by atoms with E-state index >= 15 is 0 Å². The van der Waals surface area contributed by atoms with Crippen LogP contribution < -0.4 is 0 Å². The van der Waals surface area contributed by atoms with Crippen molar-refractivity contribution in [2.45, 2.75) is 0 Å². The normalized spacial score (nSPS) is 11.1. The van der Waals surface area contributed by atoms with Crippen molar-refractivity contribution >= 4 is 43.4 Å². The Kier molecular flexibility index (Phi) is 6.93. The molecule has 51 heavy (non-hydrogen) atoms. The number of hydrogen-bond donors (Lipinski definition) is 0. The van der Waals surface area contributed by atoms with Crippen LogP contribution in [0.25, 0.3) is 82.4 Å². The molecule has 234 valence electrons. The Morgan fingerprint density at radius 2 is 0.882 bits per heavy atom. The number of aromatic nitrogens is 1. The molecule has 0 fully saturated rings. The van der Waals surface area contributed by atoms with E-state index < -0.39 is 0 Å². The van der Waals surface area contributed by atoms with Gasteiger partial charge in [0.2, 0.25) is 0 Å². The molecule has 8 aromatic carbocycles. The standard InChI is InChI=1S/C47H26N4/c48-27-30-24-34(29-50)46(47-39-18-6-4-16-37(39)45(31-12-2-1-3-13-31)38-17-5-7-19-40(38)47)41(25-30)32-22-23-33(28-49)44(26-32)51-42-20-10-8-14-35(42)36-15-9-11-21-43(36)51/h1-26H. The van der Waals surface area contributed by atoms with Crippen LogP contribution in [0.1, 0.15) is 16.7 Å². The maximum atomic E-state index is 10.8. The molecule has 1 heterocycles. The van der Waals surface area contributed by atoms with Crippen LogP contribution in [0.4, 0.5) is 0 Å². The molecule has 0 saturated carbocycles. The number of rotatable bonds is 4. The lowest BCUT2D eigenvalue weighted by molar-refractivity contribution is 1.17. The van der Waals surface area contributed by atoms with Crippen LogP contribution >= 0.6 is 0 Å². The first-order valence-electron chi connectivity index (χ1n) is 16.7. The second-order valence-electron chi connectivity index (χ2n) is 12.6. The summed E-state index contributed by atoms with van der Waals surface area (Å²) in [7, 11) is 0. The summed E-state index contributed by atoms with van der Waals surface area (Å²) in [5.74, 6) is 0. The van der Waals surface area contributed by atoms with Crippen LogP contribution in [0.15, 0.2) is 158 Å². The van der Waals surface area contributed by atoms with E-state index in [0.29, 0.717) is 16.7 Å². The topological polar surface area (TPSA) is 76.3 Å². The summed E-state index contributed by atoms with van der Waals surface area (Å²) in [6.07, 6.45) is 0. The summed E-state index contributed by atoms with van der Waals surface area (Å²) in [5.41, 5.74) is 9.51. The lowest BCUT2D eigenvalue weighted by atomic mass is 9.81. The molecule has 9 rings (SSSR count). The molecule has 0 atom stereocenters. The van der Waals surface area contributed by atoms with Gasteiger partial charge in [0, 0.05) is 16.3 Å². The van der Waals surface area contributed by atoms with Gasteiger partial charge in [-0.15, -0.1) is 0 Å². The van der Waals surface area contributed by atoms with E-state index in [-0.39, 0.29) is 0 Å². The van der Waals surface area contributed by atoms with Gasteiger partial charge >= 0.3 is 0 Å². The zero-order valence-electron chi connectivity index (χ0n) is 27.3. The highest BCUT2D eigenvalue weighted by molar-refractivity contribution is 6.23. The lowest BCUT2D eigenvalue weighted by Crippen LogP contribution is -2.00. The van der Waals surface area contributed by atoms with E-state index in [0.717, 1.165) is 82.4 Å². The van der Waals surface area contributed by atoms with Gasteiger partial charge in [0.05, 0.1) is 45.5 Å². The van der Waals surface area contributed by atoms with Crippen LogP contribution in [0.5, 0.6) is 0 Å². The average molecular weight is 647 g/mol. The van der Waals surface area contributed by atoms with Gasteiger partial charge in [-0.2, -0.15) is 15.8 Å². The van der Waals surface area contributed by atoms with Crippen molar-refractivity contribution in [2.75, 3.05) is 0 Å². The summed E-state index contributed by atoms with van der Waals surface area (Å²) in [6, 6.07) is 60.1. The molecule has 0 aliphatic carbocycles.